The van der Waals surface area contributed by atoms with E-state index in [9.17, 15) is 8.42 Å². The number of aromatic nitrogens is 2. The van der Waals surface area contributed by atoms with Crippen molar-refractivity contribution >= 4 is 9.84 Å². The first-order chi connectivity index (χ1) is 8.53. The summed E-state index contributed by atoms with van der Waals surface area (Å²) in [4.78, 5) is 8.94. The van der Waals surface area contributed by atoms with Crippen LogP contribution in [0.3, 0.4) is 0 Å². The minimum Gasteiger partial charge on any atom is -0.312 e. The molecule has 0 radical (unpaired) electrons. The second-order valence-corrected chi connectivity index (χ2v) is 7.36. The minimum absolute atomic E-state index is 0.0482. The molecule has 0 saturated heterocycles. The summed E-state index contributed by atoms with van der Waals surface area (Å²) in [6.45, 7) is 1.73. The number of rotatable bonds is 3. The van der Waals surface area contributed by atoms with Crippen LogP contribution >= 0.6 is 0 Å². The van der Waals surface area contributed by atoms with Gasteiger partial charge in [0.25, 0.3) is 0 Å². The van der Waals surface area contributed by atoms with E-state index in [1.807, 2.05) is 0 Å². The predicted octanol–water partition coefficient (Wildman–Crippen LogP) is 0.544. The van der Waals surface area contributed by atoms with E-state index in [4.69, 9.17) is 0 Å². The fraction of sp³-hybridized carbons (Fsp3) is 0.667. The van der Waals surface area contributed by atoms with Gasteiger partial charge in [0.2, 0.25) is 0 Å². The average Bonchev–Trinajstić information content (AvgIpc) is 3.09. The predicted molar refractivity (Wildman–Crippen MR) is 68.0 cm³/mol. The lowest BCUT2D eigenvalue weighted by Gasteiger charge is -2.19. The smallest absolute Gasteiger partial charge is 0.154 e. The Labute approximate surface area is 107 Å². The number of hydrogen-bond donors (Lipinski definition) is 1. The van der Waals surface area contributed by atoms with E-state index in [0.29, 0.717) is 11.7 Å². The highest BCUT2D eigenvalue weighted by Crippen LogP contribution is 2.41. The molecule has 2 heterocycles. The van der Waals surface area contributed by atoms with Gasteiger partial charge in [0.15, 0.2) is 9.84 Å². The lowest BCUT2D eigenvalue weighted by atomic mass is 10.0. The van der Waals surface area contributed by atoms with Crippen LogP contribution in [0.1, 0.15) is 41.5 Å². The molecule has 1 saturated carbocycles. The van der Waals surface area contributed by atoms with E-state index in [1.165, 1.54) is 24.7 Å². The third-order valence-corrected chi connectivity index (χ3v) is 4.15. The molecule has 0 amide bonds. The third-order valence-electron chi connectivity index (χ3n) is 3.37. The van der Waals surface area contributed by atoms with Crippen LogP contribution in [0.15, 0.2) is 0 Å². The van der Waals surface area contributed by atoms with Crippen LogP contribution in [0.2, 0.25) is 0 Å². The molecule has 1 fully saturated rings. The molecular formula is C12H17N3O2S. The summed E-state index contributed by atoms with van der Waals surface area (Å²) in [5.41, 5.74) is 3.34. The Morgan fingerprint density at radius 3 is 2.78 bits per heavy atom. The fourth-order valence-electron chi connectivity index (χ4n) is 2.42. The zero-order valence-corrected chi connectivity index (χ0v) is 11.3. The molecule has 1 N–H and O–H groups in total. The van der Waals surface area contributed by atoms with Gasteiger partial charge >= 0.3 is 0 Å². The van der Waals surface area contributed by atoms with Crippen molar-refractivity contribution in [2.45, 2.75) is 37.5 Å². The van der Waals surface area contributed by atoms with E-state index in [2.05, 4.69) is 15.3 Å². The number of nitrogens with zero attached hydrogens (tertiary/aromatic N) is 2. The van der Waals surface area contributed by atoms with Crippen molar-refractivity contribution in [1.29, 1.82) is 0 Å². The first kappa shape index (κ1) is 12.0. The Morgan fingerprint density at radius 2 is 2.11 bits per heavy atom. The SMILES string of the molecule is CS(=O)(=O)Cc1nc2c(c(C3CC3)n1)CNCC2. The van der Waals surface area contributed by atoms with Crippen molar-refractivity contribution in [3.05, 3.63) is 22.8 Å². The zero-order chi connectivity index (χ0) is 12.8. The Morgan fingerprint density at radius 1 is 1.33 bits per heavy atom. The average molecular weight is 267 g/mol. The molecule has 1 aliphatic carbocycles. The Kier molecular flexibility index (Phi) is 2.86. The molecule has 0 unspecified atom stereocenters. The highest BCUT2D eigenvalue weighted by molar-refractivity contribution is 7.89. The summed E-state index contributed by atoms with van der Waals surface area (Å²) in [6, 6.07) is 0. The molecule has 5 nitrogen and oxygen atoms in total. The number of fused-ring (bicyclic) bond motifs is 1. The summed E-state index contributed by atoms with van der Waals surface area (Å²) in [6.07, 6.45) is 4.44. The van der Waals surface area contributed by atoms with Crippen LogP contribution in [0, 0.1) is 0 Å². The summed E-state index contributed by atoms with van der Waals surface area (Å²) in [7, 11) is -3.07. The topological polar surface area (TPSA) is 72.0 Å². The van der Waals surface area contributed by atoms with E-state index in [0.717, 1.165) is 30.9 Å². The van der Waals surface area contributed by atoms with Crippen molar-refractivity contribution in [1.82, 2.24) is 15.3 Å². The second kappa shape index (κ2) is 4.28. The molecule has 1 aliphatic heterocycles. The number of hydrogen-bond acceptors (Lipinski definition) is 5. The zero-order valence-electron chi connectivity index (χ0n) is 10.4. The summed E-state index contributed by atoms with van der Waals surface area (Å²) in [5.74, 6) is 0.952. The fourth-order valence-corrected chi connectivity index (χ4v) is 3.01. The van der Waals surface area contributed by atoms with Gasteiger partial charge in [-0.1, -0.05) is 0 Å². The lowest BCUT2D eigenvalue weighted by molar-refractivity contribution is 0.594. The van der Waals surface area contributed by atoms with Crippen molar-refractivity contribution in [3.63, 3.8) is 0 Å². The van der Waals surface area contributed by atoms with Crippen LogP contribution in [0.4, 0.5) is 0 Å². The molecule has 2 aliphatic rings. The molecule has 1 aromatic heterocycles. The van der Waals surface area contributed by atoms with Gasteiger partial charge in [-0.05, 0) is 12.8 Å². The molecule has 0 atom stereocenters. The van der Waals surface area contributed by atoms with Gasteiger partial charge in [-0.15, -0.1) is 0 Å². The lowest BCUT2D eigenvalue weighted by Crippen LogP contribution is -2.27. The molecule has 3 rings (SSSR count). The molecular weight excluding hydrogens is 250 g/mol. The van der Waals surface area contributed by atoms with E-state index < -0.39 is 9.84 Å². The third kappa shape index (κ3) is 2.54. The number of nitrogens with one attached hydrogen (secondary N) is 1. The Bertz CT molecular complexity index is 579. The quantitative estimate of drug-likeness (QED) is 0.865. The van der Waals surface area contributed by atoms with Gasteiger partial charge < -0.3 is 5.32 Å². The molecule has 6 heteroatoms. The van der Waals surface area contributed by atoms with E-state index >= 15 is 0 Å². The first-order valence-electron chi connectivity index (χ1n) is 6.30. The van der Waals surface area contributed by atoms with Gasteiger partial charge in [0, 0.05) is 37.2 Å². The van der Waals surface area contributed by atoms with E-state index in [1.54, 1.807) is 0 Å². The van der Waals surface area contributed by atoms with Gasteiger partial charge in [-0.25, -0.2) is 18.4 Å². The maximum atomic E-state index is 11.4. The second-order valence-electron chi connectivity index (χ2n) is 5.22. The van der Waals surface area contributed by atoms with Crippen LogP contribution in [-0.4, -0.2) is 31.2 Å². The first-order valence-corrected chi connectivity index (χ1v) is 8.36. The standard InChI is InChI=1S/C12H17N3O2S/c1-18(16,17)7-11-14-10-4-5-13-6-9(10)12(15-11)8-2-3-8/h8,13H,2-7H2,1H3. The summed E-state index contributed by atoms with van der Waals surface area (Å²) >= 11 is 0. The van der Waals surface area contributed by atoms with Gasteiger partial charge in [0.05, 0.1) is 11.4 Å². The Balaban J connectivity index is 2.03. The van der Waals surface area contributed by atoms with Crippen LogP contribution < -0.4 is 5.32 Å². The van der Waals surface area contributed by atoms with Crippen molar-refractivity contribution in [2.24, 2.45) is 0 Å². The molecule has 0 spiro atoms. The molecule has 0 bridgehead atoms. The normalized spacial score (nSPS) is 19.6. The Hall–Kier alpha value is -1.01. The van der Waals surface area contributed by atoms with E-state index in [-0.39, 0.29) is 5.75 Å². The molecule has 98 valence electrons. The largest absolute Gasteiger partial charge is 0.312 e. The summed E-state index contributed by atoms with van der Waals surface area (Å²) < 4.78 is 22.7. The number of sulfone groups is 1. The molecule has 18 heavy (non-hydrogen) atoms. The van der Waals surface area contributed by atoms with Crippen LogP contribution in [0.5, 0.6) is 0 Å². The van der Waals surface area contributed by atoms with Crippen molar-refractivity contribution in [2.75, 3.05) is 12.8 Å². The van der Waals surface area contributed by atoms with Crippen LogP contribution in [0.25, 0.3) is 0 Å². The monoisotopic (exact) mass is 267 g/mol. The molecule has 1 aromatic rings. The summed E-state index contributed by atoms with van der Waals surface area (Å²) in [5, 5.41) is 3.33. The highest BCUT2D eigenvalue weighted by atomic mass is 32.2. The van der Waals surface area contributed by atoms with Gasteiger partial charge in [-0.2, -0.15) is 0 Å². The maximum absolute atomic E-state index is 11.4. The van der Waals surface area contributed by atoms with Crippen LogP contribution in [-0.2, 0) is 28.6 Å². The van der Waals surface area contributed by atoms with Crippen molar-refractivity contribution < 1.29 is 8.42 Å². The molecule has 0 aromatic carbocycles. The van der Waals surface area contributed by atoms with Gasteiger partial charge in [0.1, 0.15) is 11.6 Å². The highest BCUT2D eigenvalue weighted by Gasteiger charge is 2.30. The van der Waals surface area contributed by atoms with Crippen molar-refractivity contribution in [3.8, 4) is 0 Å². The minimum atomic E-state index is -3.07. The maximum Gasteiger partial charge on any atom is 0.154 e. The van der Waals surface area contributed by atoms with Gasteiger partial charge in [-0.3, -0.25) is 0 Å².